The number of para-hydroxylation sites is 1. The molecule has 186 valence electrons. The Hall–Kier alpha value is -3.61. The van der Waals surface area contributed by atoms with E-state index >= 15 is 0 Å². The van der Waals surface area contributed by atoms with Gasteiger partial charge in [0.25, 0.3) is 5.91 Å². The topological polar surface area (TPSA) is 76.5 Å². The molecule has 2 aromatic carbocycles. The van der Waals surface area contributed by atoms with E-state index in [2.05, 4.69) is 39.1 Å². The van der Waals surface area contributed by atoms with E-state index in [1.807, 2.05) is 57.2 Å². The van der Waals surface area contributed by atoms with Gasteiger partial charge in [-0.3, -0.25) is 9.59 Å². The van der Waals surface area contributed by atoms with E-state index in [1.165, 1.54) is 4.90 Å². The minimum absolute atomic E-state index is 0.0858. The first-order valence-electron chi connectivity index (χ1n) is 11.9. The number of anilines is 1. The van der Waals surface area contributed by atoms with Gasteiger partial charge in [-0.1, -0.05) is 51.1 Å². The summed E-state index contributed by atoms with van der Waals surface area (Å²) < 4.78 is 7.38. The quantitative estimate of drug-likeness (QED) is 0.494. The molecule has 0 fully saturated rings. The molecule has 0 spiro atoms. The Morgan fingerprint density at radius 2 is 1.74 bits per heavy atom. The Labute approximate surface area is 208 Å². The Morgan fingerprint density at radius 3 is 2.37 bits per heavy atom. The molecule has 0 unspecified atom stereocenters. The van der Waals surface area contributed by atoms with E-state index in [-0.39, 0.29) is 36.4 Å². The van der Waals surface area contributed by atoms with Crippen LogP contribution in [0.15, 0.2) is 54.6 Å². The fourth-order valence-electron chi connectivity index (χ4n) is 3.63. The monoisotopic (exact) mass is 476 g/mol. The van der Waals surface area contributed by atoms with E-state index in [0.717, 1.165) is 22.5 Å². The van der Waals surface area contributed by atoms with Crippen molar-refractivity contribution in [2.45, 2.75) is 59.9 Å². The molecule has 3 aromatic rings. The number of rotatable bonds is 8. The zero-order chi connectivity index (χ0) is 25.8. The Kier molecular flexibility index (Phi) is 7.99. The van der Waals surface area contributed by atoms with Gasteiger partial charge in [-0.05, 0) is 57.0 Å². The van der Waals surface area contributed by atoms with Crippen molar-refractivity contribution >= 4 is 17.6 Å². The molecule has 1 heterocycles. The summed E-state index contributed by atoms with van der Waals surface area (Å²) in [5.74, 6) is 0.641. The normalized spacial score (nSPS) is 11.4. The fraction of sp³-hybridized carbons (Fsp3) is 0.393. The second-order valence-electron chi connectivity index (χ2n) is 10.1. The first kappa shape index (κ1) is 26.0. The number of nitrogens with one attached hydrogen (secondary N) is 1. The summed E-state index contributed by atoms with van der Waals surface area (Å²) in [6.07, 6.45) is 0. The zero-order valence-electron chi connectivity index (χ0n) is 21.8. The molecule has 3 rings (SSSR count). The molecule has 0 atom stereocenters. The number of aromatic nitrogens is 2. The van der Waals surface area contributed by atoms with Crippen LogP contribution in [0.2, 0.25) is 0 Å². The Bertz CT molecular complexity index is 1180. The van der Waals surface area contributed by atoms with Gasteiger partial charge in [0.1, 0.15) is 18.1 Å². The van der Waals surface area contributed by atoms with Crippen LogP contribution in [0.25, 0.3) is 5.69 Å². The molecule has 0 saturated carbocycles. The highest BCUT2D eigenvalue weighted by Gasteiger charge is 2.25. The van der Waals surface area contributed by atoms with E-state index in [4.69, 9.17) is 9.84 Å². The number of hydrogen-bond acceptors (Lipinski definition) is 4. The van der Waals surface area contributed by atoms with Crippen molar-refractivity contribution in [3.63, 3.8) is 0 Å². The van der Waals surface area contributed by atoms with Crippen molar-refractivity contribution in [1.82, 2.24) is 14.7 Å². The van der Waals surface area contributed by atoms with Gasteiger partial charge in [-0.15, -0.1) is 0 Å². The third kappa shape index (κ3) is 6.50. The maximum Gasteiger partial charge on any atom is 0.261 e. The van der Waals surface area contributed by atoms with E-state index in [9.17, 15) is 9.59 Å². The van der Waals surface area contributed by atoms with Crippen molar-refractivity contribution in [3.05, 3.63) is 71.4 Å². The van der Waals surface area contributed by atoms with Crippen LogP contribution < -0.4 is 10.1 Å². The van der Waals surface area contributed by atoms with Gasteiger partial charge in [-0.2, -0.15) is 5.10 Å². The molecule has 0 aliphatic heterocycles. The molecule has 0 aliphatic carbocycles. The number of nitrogens with zero attached hydrogens (tertiary/aromatic N) is 3. The lowest BCUT2D eigenvalue weighted by atomic mass is 9.92. The molecule has 0 bridgehead atoms. The van der Waals surface area contributed by atoms with Crippen LogP contribution in [0.5, 0.6) is 5.75 Å². The van der Waals surface area contributed by atoms with Gasteiger partial charge in [0.05, 0.1) is 11.4 Å². The maximum atomic E-state index is 13.1. The average Bonchev–Trinajstić information content (AvgIpc) is 3.22. The predicted octanol–water partition coefficient (Wildman–Crippen LogP) is 5.04. The number of ether oxygens (including phenoxy) is 1. The van der Waals surface area contributed by atoms with Crippen molar-refractivity contribution in [1.29, 1.82) is 0 Å². The number of carbonyl (C=O) groups excluding carboxylic acids is 2. The Morgan fingerprint density at radius 1 is 1.06 bits per heavy atom. The van der Waals surface area contributed by atoms with Gasteiger partial charge in [0.15, 0.2) is 6.61 Å². The number of benzene rings is 2. The summed E-state index contributed by atoms with van der Waals surface area (Å²) in [7, 11) is 0. The van der Waals surface area contributed by atoms with Crippen LogP contribution in [0.3, 0.4) is 0 Å². The van der Waals surface area contributed by atoms with Crippen LogP contribution in [0, 0.1) is 13.8 Å². The van der Waals surface area contributed by atoms with Gasteiger partial charge in [0, 0.05) is 17.5 Å². The summed E-state index contributed by atoms with van der Waals surface area (Å²) in [5.41, 5.74) is 3.80. The maximum absolute atomic E-state index is 13.1. The van der Waals surface area contributed by atoms with E-state index in [1.54, 1.807) is 16.8 Å². The standard InChI is InChI=1S/C28H36N4O3/c1-19(2)31(27(34)18-35-22-13-9-8-10-14-22)17-26(33)29-25-16-24(28(5,6)7)30-32(25)23-15-11-12-20(3)21(23)4/h8-16,19H,17-18H2,1-7H3,(H,29,33). The summed E-state index contributed by atoms with van der Waals surface area (Å²) in [6, 6.07) is 16.9. The number of carbonyl (C=O) groups is 2. The molecule has 2 amide bonds. The van der Waals surface area contributed by atoms with Gasteiger partial charge in [-0.25, -0.2) is 4.68 Å². The lowest BCUT2D eigenvalue weighted by Crippen LogP contribution is -2.44. The van der Waals surface area contributed by atoms with Crippen molar-refractivity contribution in [2.24, 2.45) is 0 Å². The molecule has 0 saturated heterocycles. The third-order valence-corrected chi connectivity index (χ3v) is 5.91. The van der Waals surface area contributed by atoms with Crippen LogP contribution in [0.1, 0.15) is 51.4 Å². The molecule has 35 heavy (non-hydrogen) atoms. The average molecular weight is 477 g/mol. The highest BCUT2D eigenvalue weighted by atomic mass is 16.5. The zero-order valence-corrected chi connectivity index (χ0v) is 21.8. The number of aryl methyl sites for hydroxylation is 1. The SMILES string of the molecule is Cc1cccc(-n2nc(C(C)(C)C)cc2NC(=O)CN(C(=O)COc2ccccc2)C(C)C)c1C. The van der Waals surface area contributed by atoms with E-state index in [0.29, 0.717) is 11.6 Å². The molecular formula is C28H36N4O3. The summed E-state index contributed by atoms with van der Waals surface area (Å²) in [5, 5.41) is 7.81. The minimum atomic E-state index is -0.293. The van der Waals surface area contributed by atoms with Crippen molar-refractivity contribution < 1.29 is 14.3 Å². The first-order chi connectivity index (χ1) is 16.5. The predicted molar refractivity (Wildman–Crippen MR) is 139 cm³/mol. The lowest BCUT2D eigenvalue weighted by molar-refractivity contribution is -0.138. The molecule has 0 aliphatic rings. The molecule has 7 heteroatoms. The van der Waals surface area contributed by atoms with Crippen LogP contribution in [-0.2, 0) is 15.0 Å². The number of amides is 2. The Balaban J connectivity index is 1.80. The highest BCUT2D eigenvalue weighted by molar-refractivity contribution is 5.94. The minimum Gasteiger partial charge on any atom is -0.484 e. The van der Waals surface area contributed by atoms with Crippen LogP contribution in [-0.4, -0.2) is 45.7 Å². The first-order valence-corrected chi connectivity index (χ1v) is 11.9. The van der Waals surface area contributed by atoms with Crippen molar-refractivity contribution in [2.75, 3.05) is 18.5 Å². The second kappa shape index (κ2) is 10.8. The summed E-state index contributed by atoms with van der Waals surface area (Å²) >= 11 is 0. The molecule has 0 radical (unpaired) electrons. The summed E-state index contributed by atoms with van der Waals surface area (Å²) in [4.78, 5) is 27.5. The molecular weight excluding hydrogens is 440 g/mol. The van der Waals surface area contributed by atoms with Gasteiger partial charge in [0.2, 0.25) is 5.91 Å². The number of hydrogen-bond donors (Lipinski definition) is 1. The summed E-state index contributed by atoms with van der Waals surface area (Å²) in [6.45, 7) is 13.9. The lowest BCUT2D eigenvalue weighted by Gasteiger charge is -2.26. The second-order valence-corrected chi connectivity index (χ2v) is 10.1. The largest absolute Gasteiger partial charge is 0.484 e. The smallest absolute Gasteiger partial charge is 0.261 e. The fourth-order valence-corrected chi connectivity index (χ4v) is 3.63. The van der Waals surface area contributed by atoms with Crippen LogP contribution >= 0.6 is 0 Å². The molecule has 1 N–H and O–H groups in total. The molecule has 7 nitrogen and oxygen atoms in total. The van der Waals surface area contributed by atoms with Crippen LogP contribution in [0.4, 0.5) is 5.82 Å². The van der Waals surface area contributed by atoms with Gasteiger partial charge < -0.3 is 15.0 Å². The van der Waals surface area contributed by atoms with Gasteiger partial charge >= 0.3 is 0 Å². The van der Waals surface area contributed by atoms with E-state index < -0.39 is 0 Å². The third-order valence-electron chi connectivity index (χ3n) is 5.91. The van der Waals surface area contributed by atoms with Crippen molar-refractivity contribution in [3.8, 4) is 11.4 Å². The highest BCUT2D eigenvalue weighted by Crippen LogP contribution is 2.28. The molecule has 1 aromatic heterocycles.